The number of carbonyl (C=O) groups is 1. The highest BCUT2D eigenvalue weighted by Gasteiger charge is 2.36. The van der Waals surface area contributed by atoms with Crippen molar-refractivity contribution in [2.45, 2.75) is 32.5 Å². The number of hydrogen-bond donors (Lipinski definition) is 1. The molecule has 1 unspecified atom stereocenters. The Labute approximate surface area is 105 Å². The number of carboxylic acid groups (broad SMARTS) is 1. The average molecular weight is 283 g/mol. The molecule has 0 aliphatic carbocycles. The summed E-state index contributed by atoms with van der Waals surface area (Å²) in [6.07, 6.45) is -4.69. The van der Waals surface area contributed by atoms with Gasteiger partial charge in [0.2, 0.25) is 10.1 Å². The monoisotopic (exact) mass is 283 g/mol. The predicted octanol–water partition coefficient (Wildman–Crippen LogP) is 2.25. The van der Waals surface area contributed by atoms with E-state index in [1.165, 1.54) is 4.90 Å². The third-order valence-electron chi connectivity index (χ3n) is 2.25. The summed E-state index contributed by atoms with van der Waals surface area (Å²) in [5, 5.41) is 14.3. The van der Waals surface area contributed by atoms with Gasteiger partial charge in [-0.2, -0.15) is 13.2 Å². The molecule has 0 spiro atoms. The lowest BCUT2D eigenvalue weighted by atomic mass is 10.2. The lowest BCUT2D eigenvalue weighted by Crippen LogP contribution is -2.34. The first-order valence-corrected chi connectivity index (χ1v) is 5.96. The minimum Gasteiger partial charge on any atom is -0.481 e. The standard InChI is InChI=1S/C9H12F3N3O2S/c1-3-15(5(2)4-6(16)17)8-14-13-7(18-8)9(10,11)12/h5H,3-4H2,1-2H3,(H,16,17). The van der Waals surface area contributed by atoms with Crippen LogP contribution in [0.4, 0.5) is 18.3 Å². The largest absolute Gasteiger partial charge is 0.481 e. The van der Waals surface area contributed by atoms with Crippen LogP contribution < -0.4 is 4.90 Å². The number of carboxylic acids is 1. The molecule has 0 aromatic carbocycles. The molecule has 1 rings (SSSR count). The molecule has 1 aromatic rings. The quantitative estimate of drug-likeness (QED) is 0.897. The molecule has 0 aliphatic heterocycles. The maximum atomic E-state index is 12.4. The van der Waals surface area contributed by atoms with Crippen LogP contribution in [-0.4, -0.2) is 33.9 Å². The summed E-state index contributed by atoms with van der Waals surface area (Å²) in [5.41, 5.74) is 0. The second-order valence-corrected chi connectivity index (χ2v) is 4.58. The number of aliphatic carboxylic acids is 1. The third-order valence-corrected chi connectivity index (χ3v) is 3.25. The topological polar surface area (TPSA) is 66.3 Å². The molecular weight excluding hydrogens is 271 g/mol. The number of rotatable bonds is 5. The van der Waals surface area contributed by atoms with Crippen LogP contribution in [0, 0.1) is 0 Å². The van der Waals surface area contributed by atoms with Gasteiger partial charge < -0.3 is 10.0 Å². The van der Waals surface area contributed by atoms with Crippen molar-refractivity contribution in [1.82, 2.24) is 10.2 Å². The Kier molecular flexibility index (Phi) is 4.49. The van der Waals surface area contributed by atoms with Gasteiger partial charge >= 0.3 is 12.1 Å². The molecule has 0 bridgehead atoms. The molecule has 9 heteroatoms. The van der Waals surface area contributed by atoms with E-state index in [9.17, 15) is 18.0 Å². The molecular formula is C9H12F3N3O2S. The summed E-state index contributed by atoms with van der Waals surface area (Å²) < 4.78 is 37.1. The Morgan fingerprint density at radius 2 is 2.11 bits per heavy atom. The van der Waals surface area contributed by atoms with Gasteiger partial charge in [0.15, 0.2) is 0 Å². The van der Waals surface area contributed by atoms with Gasteiger partial charge in [-0.05, 0) is 13.8 Å². The second-order valence-electron chi connectivity index (χ2n) is 3.62. The number of alkyl halides is 3. The normalized spacial score (nSPS) is 13.4. The minimum atomic E-state index is -4.52. The van der Waals surface area contributed by atoms with E-state index in [2.05, 4.69) is 10.2 Å². The van der Waals surface area contributed by atoms with E-state index in [0.29, 0.717) is 17.9 Å². The van der Waals surface area contributed by atoms with Gasteiger partial charge in [0.05, 0.1) is 6.42 Å². The van der Waals surface area contributed by atoms with Crippen molar-refractivity contribution in [3.05, 3.63) is 5.01 Å². The van der Waals surface area contributed by atoms with Crippen molar-refractivity contribution < 1.29 is 23.1 Å². The number of halogens is 3. The van der Waals surface area contributed by atoms with Gasteiger partial charge in [-0.1, -0.05) is 11.3 Å². The smallest absolute Gasteiger partial charge is 0.445 e. The molecule has 1 aromatic heterocycles. The van der Waals surface area contributed by atoms with Gasteiger partial charge in [0.25, 0.3) is 0 Å². The van der Waals surface area contributed by atoms with Crippen molar-refractivity contribution in [2.24, 2.45) is 0 Å². The van der Waals surface area contributed by atoms with E-state index in [4.69, 9.17) is 5.11 Å². The molecule has 18 heavy (non-hydrogen) atoms. The van der Waals surface area contributed by atoms with Crippen LogP contribution in [0.3, 0.4) is 0 Å². The maximum absolute atomic E-state index is 12.4. The van der Waals surface area contributed by atoms with Gasteiger partial charge in [-0.3, -0.25) is 4.79 Å². The first-order chi connectivity index (χ1) is 8.25. The molecule has 0 saturated carbocycles. The summed E-state index contributed by atoms with van der Waals surface area (Å²) in [7, 11) is 0. The zero-order valence-corrected chi connectivity index (χ0v) is 10.5. The lowest BCUT2D eigenvalue weighted by Gasteiger charge is -2.25. The fourth-order valence-electron chi connectivity index (χ4n) is 1.44. The van der Waals surface area contributed by atoms with E-state index in [0.717, 1.165) is 0 Å². The summed E-state index contributed by atoms with van der Waals surface area (Å²) in [6, 6.07) is -0.443. The zero-order chi connectivity index (χ0) is 13.9. The van der Waals surface area contributed by atoms with Crippen molar-refractivity contribution in [3.63, 3.8) is 0 Å². The summed E-state index contributed by atoms with van der Waals surface area (Å²) >= 11 is 0.414. The fraction of sp³-hybridized carbons (Fsp3) is 0.667. The molecule has 0 aliphatic rings. The van der Waals surface area contributed by atoms with Gasteiger partial charge in [-0.25, -0.2) is 0 Å². The third kappa shape index (κ3) is 3.56. The molecule has 0 saturated heterocycles. The molecule has 1 atom stereocenters. The summed E-state index contributed by atoms with van der Waals surface area (Å²) in [6.45, 7) is 3.69. The van der Waals surface area contributed by atoms with E-state index in [-0.39, 0.29) is 11.6 Å². The van der Waals surface area contributed by atoms with Crippen LogP contribution in [0.1, 0.15) is 25.3 Å². The number of anilines is 1. The van der Waals surface area contributed by atoms with Crippen molar-refractivity contribution in [1.29, 1.82) is 0 Å². The fourth-order valence-corrected chi connectivity index (χ4v) is 2.32. The Bertz CT molecular complexity index is 421. The Hall–Kier alpha value is -1.38. The minimum absolute atomic E-state index is 0.0820. The Balaban J connectivity index is 2.89. The number of nitrogens with zero attached hydrogens (tertiary/aromatic N) is 3. The molecule has 1 heterocycles. The average Bonchev–Trinajstić information content (AvgIpc) is 2.66. The molecule has 102 valence electrons. The molecule has 1 N–H and O–H groups in total. The maximum Gasteiger partial charge on any atom is 0.445 e. The van der Waals surface area contributed by atoms with Crippen molar-refractivity contribution in [3.8, 4) is 0 Å². The van der Waals surface area contributed by atoms with E-state index < -0.39 is 23.2 Å². The number of hydrogen-bond acceptors (Lipinski definition) is 5. The first-order valence-electron chi connectivity index (χ1n) is 5.14. The van der Waals surface area contributed by atoms with Crippen LogP contribution in [0.5, 0.6) is 0 Å². The second kappa shape index (κ2) is 5.51. The van der Waals surface area contributed by atoms with Gasteiger partial charge in [0, 0.05) is 12.6 Å². The van der Waals surface area contributed by atoms with Crippen LogP contribution in [0.15, 0.2) is 0 Å². The Morgan fingerprint density at radius 1 is 1.50 bits per heavy atom. The SMILES string of the molecule is CCN(c1nnc(C(F)(F)F)s1)C(C)CC(=O)O. The summed E-state index contributed by atoms with van der Waals surface area (Å²) in [4.78, 5) is 12.1. The van der Waals surface area contributed by atoms with Crippen LogP contribution >= 0.6 is 11.3 Å². The highest BCUT2D eigenvalue weighted by molar-refractivity contribution is 7.15. The predicted molar refractivity (Wildman–Crippen MR) is 59.6 cm³/mol. The van der Waals surface area contributed by atoms with Crippen molar-refractivity contribution >= 4 is 22.4 Å². The zero-order valence-electron chi connectivity index (χ0n) is 9.73. The first kappa shape index (κ1) is 14.7. The van der Waals surface area contributed by atoms with Crippen LogP contribution in [-0.2, 0) is 11.0 Å². The highest BCUT2D eigenvalue weighted by atomic mass is 32.1. The van der Waals surface area contributed by atoms with Crippen LogP contribution in [0.25, 0.3) is 0 Å². The van der Waals surface area contributed by atoms with Gasteiger partial charge in [0.1, 0.15) is 0 Å². The summed E-state index contributed by atoms with van der Waals surface area (Å²) in [5.74, 6) is -1.01. The van der Waals surface area contributed by atoms with Crippen LogP contribution in [0.2, 0.25) is 0 Å². The van der Waals surface area contributed by atoms with E-state index in [1.54, 1.807) is 13.8 Å². The highest BCUT2D eigenvalue weighted by Crippen LogP contribution is 2.34. The molecule has 5 nitrogen and oxygen atoms in total. The molecule has 0 amide bonds. The molecule has 0 fully saturated rings. The Morgan fingerprint density at radius 3 is 2.50 bits per heavy atom. The number of aromatic nitrogens is 2. The van der Waals surface area contributed by atoms with E-state index in [1.807, 2.05) is 0 Å². The van der Waals surface area contributed by atoms with E-state index >= 15 is 0 Å². The lowest BCUT2D eigenvalue weighted by molar-refractivity contribution is -0.138. The molecule has 0 radical (unpaired) electrons. The van der Waals surface area contributed by atoms with Crippen molar-refractivity contribution in [2.75, 3.05) is 11.4 Å². The van der Waals surface area contributed by atoms with Gasteiger partial charge in [-0.15, -0.1) is 10.2 Å².